The largest absolute Gasteiger partial charge is 0.379 e. The van der Waals surface area contributed by atoms with Gasteiger partial charge < -0.3 is 10.1 Å². The predicted octanol–water partition coefficient (Wildman–Crippen LogP) is -0.753. The summed E-state index contributed by atoms with van der Waals surface area (Å²) in [6.07, 6.45) is 2.50. The second-order valence-electron chi connectivity index (χ2n) is 5.85. The third kappa shape index (κ3) is 4.64. The van der Waals surface area contributed by atoms with Gasteiger partial charge in [-0.05, 0) is 19.8 Å². The lowest BCUT2D eigenvalue weighted by atomic mass is 10.2. The second-order valence-corrected chi connectivity index (χ2v) is 7.79. The lowest BCUT2D eigenvalue weighted by Gasteiger charge is -2.30. The van der Waals surface area contributed by atoms with Crippen molar-refractivity contribution >= 4 is 15.9 Å². The Kier molecular flexibility index (Phi) is 5.59. The maximum absolute atomic E-state index is 12.3. The van der Waals surface area contributed by atoms with E-state index in [1.165, 1.54) is 4.31 Å². The van der Waals surface area contributed by atoms with Crippen molar-refractivity contribution in [1.82, 2.24) is 14.5 Å². The Bertz CT molecular complexity index is 462. The van der Waals surface area contributed by atoms with Crippen LogP contribution in [0.2, 0.25) is 0 Å². The molecule has 0 bridgehead atoms. The van der Waals surface area contributed by atoms with Crippen molar-refractivity contribution in [3.63, 3.8) is 0 Å². The number of hydrogen-bond acceptors (Lipinski definition) is 5. The van der Waals surface area contributed by atoms with Crippen molar-refractivity contribution in [2.75, 3.05) is 45.6 Å². The molecule has 1 amide bonds. The van der Waals surface area contributed by atoms with Gasteiger partial charge in [0.25, 0.3) is 0 Å². The van der Waals surface area contributed by atoms with Crippen molar-refractivity contribution in [2.24, 2.45) is 0 Å². The molecule has 2 atom stereocenters. The molecule has 122 valence electrons. The van der Waals surface area contributed by atoms with Gasteiger partial charge in [-0.2, -0.15) is 4.31 Å². The Morgan fingerprint density at radius 2 is 2.00 bits per heavy atom. The number of carbonyl (C=O) groups is 1. The topological polar surface area (TPSA) is 79.0 Å². The summed E-state index contributed by atoms with van der Waals surface area (Å²) in [6.45, 7) is 6.36. The Hall–Kier alpha value is -0.700. The van der Waals surface area contributed by atoms with Gasteiger partial charge in [0, 0.05) is 32.2 Å². The minimum atomic E-state index is -3.31. The summed E-state index contributed by atoms with van der Waals surface area (Å²) in [6, 6.07) is -0.551. The molecule has 0 spiro atoms. The number of morpholine rings is 1. The van der Waals surface area contributed by atoms with Crippen LogP contribution in [0.25, 0.3) is 0 Å². The van der Waals surface area contributed by atoms with E-state index in [0.29, 0.717) is 13.0 Å². The zero-order valence-electron chi connectivity index (χ0n) is 12.7. The summed E-state index contributed by atoms with van der Waals surface area (Å²) >= 11 is 0. The molecule has 7 nitrogen and oxygen atoms in total. The zero-order chi connectivity index (χ0) is 15.5. The molecular weight excluding hydrogens is 294 g/mol. The Morgan fingerprint density at radius 1 is 1.33 bits per heavy atom. The molecule has 2 heterocycles. The van der Waals surface area contributed by atoms with Gasteiger partial charge in [0.1, 0.15) is 6.04 Å². The maximum Gasteiger partial charge on any atom is 0.238 e. The first kappa shape index (κ1) is 16.7. The number of carbonyl (C=O) groups excluding carboxylic acids is 1. The monoisotopic (exact) mass is 319 g/mol. The molecular formula is C13H25N3O4S. The maximum atomic E-state index is 12.3. The molecule has 2 aliphatic rings. The van der Waals surface area contributed by atoms with E-state index in [4.69, 9.17) is 4.74 Å². The fourth-order valence-electron chi connectivity index (χ4n) is 2.95. The fourth-order valence-corrected chi connectivity index (χ4v) is 4.08. The molecule has 2 aliphatic heterocycles. The highest BCUT2D eigenvalue weighted by molar-refractivity contribution is 7.88. The first-order valence-electron chi connectivity index (χ1n) is 7.45. The average Bonchev–Trinajstić information content (AvgIpc) is 2.88. The van der Waals surface area contributed by atoms with Gasteiger partial charge in [0.15, 0.2) is 0 Å². The molecule has 2 fully saturated rings. The molecule has 0 aliphatic carbocycles. The van der Waals surface area contributed by atoms with Gasteiger partial charge >= 0.3 is 0 Å². The summed E-state index contributed by atoms with van der Waals surface area (Å²) in [5.74, 6) is -0.182. The normalized spacial score (nSPS) is 26.7. The lowest BCUT2D eigenvalue weighted by molar-refractivity contribution is -0.125. The van der Waals surface area contributed by atoms with Crippen LogP contribution in [0.3, 0.4) is 0 Å². The van der Waals surface area contributed by atoms with E-state index in [9.17, 15) is 13.2 Å². The number of sulfonamides is 1. The molecule has 0 aromatic heterocycles. The number of amides is 1. The van der Waals surface area contributed by atoms with Crippen LogP contribution in [0.5, 0.6) is 0 Å². The quantitative estimate of drug-likeness (QED) is 0.721. The van der Waals surface area contributed by atoms with E-state index in [-0.39, 0.29) is 11.9 Å². The summed E-state index contributed by atoms with van der Waals surface area (Å²) in [5.41, 5.74) is 0. The van der Waals surface area contributed by atoms with Gasteiger partial charge in [-0.1, -0.05) is 0 Å². The lowest BCUT2D eigenvalue weighted by Crippen LogP contribution is -2.51. The third-order valence-electron chi connectivity index (χ3n) is 3.96. The molecule has 0 aromatic carbocycles. The number of nitrogens with one attached hydrogen (secondary N) is 1. The molecule has 0 saturated carbocycles. The third-order valence-corrected chi connectivity index (χ3v) is 5.25. The van der Waals surface area contributed by atoms with Gasteiger partial charge in [-0.3, -0.25) is 9.69 Å². The van der Waals surface area contributed by atoms with Crippen LogP contribution < -0.4 is 5.32 Å². The minimum absolute atomic E-state index is 0.00221. The van der Waals surface area contributed by atoms with Gasteiger partial charge in [0.2, 0.25) is 15.9 Å². The fraction of sp³-hybridized carbons (Fsp3) is 0.923. The Labute approximate surface area is 126 Å². The van der Waals surface area contributed by atoms with E-state index in [1.807, 2.05) is 6.92 Å². The van der Waals surface area contributed by atoms with Crippen molar-refractivity contribution in [3.05, 3.63) is 0 Å². The highest BCUT2D eigenvalue weighted by Gasteiger charge is 2.36. The molecule has 2 rings (SSSR count). The predicted molar refractivity (Wildman–Crippen MR) is 79.4 cm³/mol. The summed E-state index contributed by atoms with van der Waals surface area (Å²) < 4.78 is 30.0. The van der Waals surface area contributed by atoms with E-state index in [2.05, 4.69) is 10.2 Å². The summed E-state index contributed by atoms with van der Waals surface area (Å²) in [5, 5.41) is 2.94. The van der Waals surface area contributed by atoms with Crippen LogP contribution in [0.1, 0.15) is 19.8 Å². The van der Waals surface area contributed by atoms with Crippen LogP contribution in [0.15, 0.2) is 0 Å². The minimum Gasteiger partial charge on any atom is -0.379 e. The van der Waals surface area contributed by atoms with Crippen molar-refractivity contribution in [3.8, 4) is 0 Å². The molecule has 2 unspecified atom stereocenters. The molecule has 0 aromatic rings. The zero-order valence-corrected chi connectivity index (χ0v) is 13.6. The second kappa shape index (κ2) is 7.04. The molecule has 21 heavy (non-hydrogen) atoms. The first-order chi connectivity index (χ1) is 9.88. The summed E-state index contributed by atoms with van der Waals surface area (Å²) in [4.78, 5) is 14.5. The Balaban J connectivity index is 1.85. The van der Waals surface area contributed by atoms with Gasteiger partial charge in [0.05, 0.1) is 19.5 Å². The average molecular weight is 319 g/mol. The number of ether oxygens (including phenoxy) is 1. The van der Waals surface area contributed by atoms with Crippen molar-refractivity contribution in [2.45, 2.75) is 31.8 Å². The van der Waals surface area contributed by atoms with Crippen LogP contribution in [0, 0.1) is 0 Å². The SMILES string of the molecule is CC(CN1CCOCC1)NC(=O)C1CCCN1S(C)(=O)=O. The smallest absolute Gasteiger partial charge is 0.238 e. The van der Waals surface area contributed by atoms with E-state index in [0.717, 1.165) is 45.5 Å². The molecule has 8 heteroatoms. The molecule has 1 N–H and O–H groups in total. The first-order valence-corrected chi connectivity index (χ1v) is 9.30. The van der Waals surface area contributed by atoms with Gasteiger partial charge in [-0.25, -0.2) is 8.42 Å². The standard InChI is InChI=1S/C13H25N3O4S/c1-11(10-15-6-8-20-9-7-15)14-13(17)12-4-3-5-16(12)21(2,18)19/h11-12H,3-10H2,1-2H3,(H,14,17). The van der Waals surface area contributed by atoms with Crippen molar-refractivity contribution < 1.29 is 17.9 Å². The number of nitrogens with zero attached hydrogens (tertiary/aromatic N) is 2. The van der Waals surface area contributed by atoms with E-state index in [1.54, 1.807) is 0 Å². The van der Waals surface area contributed by atoms with Gasteiger partial charge in [-0.15, -0.1) is 0 Å². The highest BCUT2D eigenvalue weighted by atomic mass is 32.2. The van der Waals surface area contributed by atoms with Crippen LogP contribution in [-0.2, 0) is 19.6 Å². The summed E-state index contributed by atoms with van der Waals surface area (Å²) in [7, 11) is -3.31. The van der Waals surface area contributed by atoms with Crippen LogP contribution >= 0.6 is 0 Å². The van der Waals surface area contributed by atoms with E-state index < -0.39 is 16.1 Å². The number of hydrogen-bond donors (Lipinski definition) is 1. The highest BCUT2D eigenvalue weighted by Crippen LogP contribution is 2.20. The molecule has 2 saturated heterocycles. The van der Waals surface area contributed by atoms with Crippen molar-refractivity contribution in [1.29, 1.82) is 0 Å². The number of rotatable bonds is 5. The molecule has 0 radical (unpaired) electrons. The van der Waals surface area contributed by atoms with Crippen LogP contribution in [-0.4, -0.2) is 81.3 Å². The Morgan fingerprint density at radius 3 is 2.62 bits per heavy atom. The van der Waals surface area contributed by atoms with E-state index >= 15 is 0 Å². The van der Waals surface area contributed by atoms with Crippen LogP contribution in [0.4, 0.5) is 0 Å².